The van der Waals surface area contributed by atoms with Crippen molar-refractivity contribution >= 4 is 33.7 Å². The van der Waals surface area contributed by atoms with Crippen molar-refractivity contribution in [1.82, 2.24) is 9.42 Å². The lowest BCUT2D eigenvalue weighted by Crippen LogP contribution is -2.57. The van der Waals surface area contributed by atoms with E-state index in [4.69, 9.17) is 9.84 Å². The normalized spacial score (nSPS) is 15.8. The van der Waals surface area contributed by atoms with Crippen LogP contribution in [0.5, 0.6) is 5.75 Å². The van der Waals surface area contributed by atoms with Gasteiger partial charge in [0.15, 0.2) is 0 Å². The molecule has 1 heterocycles. The molecule has 0 aliphatic carbocycles. The number of ether oxygens (including phenoxy) is 1. The summed E-state index contributed by atoms with van der Waals surface area (Å²) in [6.07, 6.45) is -0.247. The maximum absolute atomic E-state index is 11.7. The summed E-state index contributed by atoms with van der Waals surface area (Å²) in [5.41, 5.74) is 2.83. The summed E-state index contributed by atoms with van der Waals surface area (Å²) in [5, 5.41) is 12.9. The number of carboxylic acid groups (broad SMARTS) is 1. The van der Waals surface area contributed by atoms with Crippen molar-refractivity contribution in [2.45, 2.75) is 19.4 Å². The van der Waals surface area contributed by atoms with Crippen LogP contribution in [-0.2, 0) is 16.1 Å². The Morgan fingerprint density at radius 2 is 1.75 bits per heavy atom. The standard InChI is InChI=1S/C27H29N3O5S/c1-20(18-27(31)32)30(36(33)34)29-16-14-28(15-17-29)24-12-9-21(10-13-24)6-7-22-8-11-23-4-3-5-26(35-2)25(23)19-22/h3-5,8-13,19-20H,14-18H2,1-2H3,(H,31,32)(H,33,34)/p-1. The van der Waals surface area contributed by atoms with Gasteiger partial charge in [-0.3, -0.25) is 9.00 Å². The van der Waals surface area contributed by atoms with Crippen LogP contribution in [0, 0.1) is 11.8 Å². The first kappa shape index (κ1) is 25.7. The third-order valence-electron chi connectivity index (χ3n) is 6.18. The van der Waals surface area contributed by atoms with Crippen LogP contribution in [-0.4, -0.2) is 68.6 Å². The Balaban J connectivity index is 1.40. The van der Waals surface area contributed by atoms with Gasteiger partial charge in [0.1, 0.15) is 5.75 Å². The van der Waals surface area contributed by atoms with Crippen LogP contribution < -0.4 is 9.64 Å². The number of rotatable bonds is 7. The van der Waals surface area contributed by atoms with E-state index in [-0.39, 0.29) is 6.42 Å². The zero-order valence-electron chi connectivity index (χ0n) is 20.2. The van der Waals surface area contributed by atoms with Gasteiger partial charge in [0, 0.05) is 65.7 Å². The van der Waals surface area contributed by atoms with Crippen LogP contribution in [0.1, 0.15) is 24.5 Å². The number of hydrogen-bond donors (Lipinski definition) is 1. The molecule has 1 aliphatic rings. The third kappa shape index (κ3) is 6.04. The van der Waals surface area contributed by atoms with E-state index in [0.717, 1.165) is 37.8 Å². The molecule has 2 unspecified atom stereocenters. The molecule has 1 N–H and O–H groups in total. The zero-order chi connectivity index (χ0) is 25.7. The highest BCUT2D eigenvalue weighted by molar-refractivity contribution is 7.76. The topological polar surface area (TPSA) is 96.4 Å². The summed E-state index contributed by atoms with van der Waals surface area (Å²) in [4.78, 5) is 13.2. The van der Waals surface area contributed by atoms with Crippen molar-refractivity contribution in [3.8, 4) is 17.6 Å². The lowest BCUT2D eigenvalue weighted by atomic mass is 10.1. The van der Waals surface area contributed by atoms with E-state index in [9.17, 15) is 13.6 Å². The highest BCUT2D eigenvalue weighted by atomic mass is 32.2. The highest BCUT2D eigenvalue weighted by Crippen LogP contribution is 2.26. The highest BCUT2D eigenvalue weighted by Gasteiger charge is 2.27. The smallest absolute Gasteiger partial charge is 0.305 e. The number of benzene rings is 3. The Kier molecular flexibility index (Phi) is 8.23. The minimum Gasteiger partial charge on any atom is -0.759 e. The van der Waals surface area contributed by atoms with E-state index in [1.54, 1.807) is 19.0 Å². The van der Waals surface area contributed by atoms with Gasteiger partial charge in [-0.1, -0.05) is 30.0 Å². The number of carboxylic acids is 1. The molecule has 1 aliphatic heterocycles. The first-order chi connectivity index (χ1) is 17.4. The fourth-order valence-corrected chi connectivity index (χ4v) is 5.12. The van der Waals surface area contributed by atoms with Crippen LogP contribution in [0.4, 0.5) is 5.69 Å². The molecule has 0 bridgehead atoms. The SMILES string of the molecule is COc1cccc2ccc(C#Cc3ccc(N4CCN(N(C(C)CC(=O)O)S(=O)[O-])CC4)cc3)cc12. The molecule has 4 rings (SSSR count). The quantitative estimate of drug-likeness (QED) is 0.388. The molecule has 3 aromatic carbocycles. The average molecular weight is 507 g/mol. The molecular formula is C27H28N3O5S-. The van der Waals surface area contributed by atoms with Crippen molar-refractivity contribution in [2.24, 2.45) is 0 Å². The van der Waals surface area contributed by atoms with Gasteiger partial charge in [0.05, 0.1) is 13.5 Å². The molecule has 2 atom stereocenters. The number of hydrazine groups is 1. The van der Waals surface area contributed by atoms with Crippen LogP contribution in [0.2, 0.25) is 0 Å². The third-order valence-corrected chi connectivity index (χ3v) is 7.08. The van der Waals surface area contributed by atoms with E-state index in [1.165, 1.54) is 0 Å². The van der Waals surface area contributed by atoms with Crippen molar-refractivity contribution in [1.29, 1.82) is 0 Å². The van der Waals surface area contributed by atoms with Gasteiger partial charge in [-0.05, 0) is 54.8 Å². The van der Waals surface area contributed by atoms with E-state index in [1.807, 2.05) is 60.7 Å². The van der Waals surface area contributed by atoms with E-state index < -0.39 is 23.3 Å². The van der Waals surface area contributed by atoms with Gasteiger partial charge in [-0.15, -0.1) is 0 Å². The van der Waals surface area contributed by atoms with Crippen molar-refractivity contribution in [2.75, 3.05) is 38.2 Å². The molecular weight excluding hydrogens is 478 g/mol. The fraction of sp³-hybridized carbons (Fsp3) is 0.296. The minimum atomic E-state index is -2.53. The van der Waals surface area contributed by atoms with E-state index in [0.29, 0.717) is 26.2 Å². The van der Waals surface area contributed by atoms with Gasteiger partial charge in [-0.2, -0.15) is 4.41 Å². The summed E-state index contributed by atoms with van der Waals surface area (Å²) in [6.45, 7) is 3.80. The Morgan fingerprint density at radius 3 is 2.39 bits per heavy atom. The molecule has 3 aromatic rings. The number of nitrogens with zero attached hydrogens (tertiary/aromatic N) is 3. The number of aliphatic carboxylic acids is 1. The molecule has 0 saturated carbocycles. The summed E-state index contributed by atoms with van der Waals surface area (Å²) in [7, 11) is 1.66. The lowest BCUT2D eigenvalue weighted by Gasteiger charge is -2.44. The minimum absolute atomic E-state index is 0.247. The fourth-order valence-electron chi connectivity index (χ4n) is 4.40. The van der Waals surface area contributed by atoms with Crippen molar-refractivity contribution in [3.05, 3.63) is 71.8 Å². The predicted octanol–water partition coefficient (Wildman–Crippen LogP) is 3.24. The summed E-state index contributed by atoms with van der Waals surface area (Å²) in [5.74, 6) is 6.23. The van der Waals surface area contributed by atoms with Crippen molar-refractivity contribution < 1.29 is 23.4 Å². The number of fused-ring (bicyclic) bond motifs is 1. The van der Waals surface area contributed by atoms with E-state index >= 15 is 0 Å². The van der Waals surface area contributed by atoms with E-state index in [2.05, 4.69) is 16.7 Å². The van der Waals surface area contributed by atoms with Gasteiger partial charge < -0.3 is 19.3 Å². The van der Waals surface area contributed by atoms with Crippen LogP contribution in [0.15, 0.2) is 60.7 Å². The number of carbonyl (C=O) groups is 1. The van der Waals surface area contributed by atoms with Crippen LogP contribution in [0.25, 0.3) is 10.8 Å². The zero-order valence-corrected chi connectivity index (χ0v) is 21.0. The molecule has 1 saturated heterocycles. The molecule has 36 heavy (non-hydrogen) atoms. The number of anilines is 1. The summed E-state index contributed by atoms with van der Waals surface area (Å²) < 4.78 is 30.1. The monoisotopic (exact) mass is 506 g/mol. The first-order valence-electron chi connectivity index (χ1n) is 11.6. The number of piperazine rings is 1. The Bertz CT molecular complexity index is 1310. The molecule has 9 heteroatoms. The Morgan fingerprint density at radius 1 is 1.08 bits per heavy atom. The second-order valence-electron chi connectivity index (χ2n) is 8.60. The van der Waals surface area contributed by atoms with Crippen LogP contribution in [0.3, 0.4) is 0 Å². The second kappa shape index (κ2) is 11.5. The molecule has 0 spiro atoms. The summed E-state index contributed by atoms with van der Waals surface area (Å²) >= 11 is -2.53. The number of hydrogen-bond acceptors (Lipinski definition) is 6. The molecule has 1 fully saturated rings. The molecule has 0 amide bonds. The Labute approximate surface area is 213 Å². The maximum Gasteiger partial charge on any atom is 0.305 e. The largest absolute Gasteiger partial charge is 0.759 e. The first-order valence-corrected chi connectivity index (χ1v) is 12.7. The predicted molar refractivity (Wildman–Crippen MR) is 139 cm³/mol. The van der Waals surface area contributed by atoms with Gasteiger partial charge in [0.2, 0.25) is 0 Å². The summed E-state index contributed by atoms with van der Waals surface area (Å²) in [6, 6.07) is 19.4. The molecule has 8 nitrogen and oxygen atoms in total. The van der Waals surface area contributed by atoms with Gasteiger partial charge >= 0.3 is 5.97 Å². The Hall–Kier alpha value is -3.42. The second-order valence-corrected chi connectivity index (χ2v) is 9.41. The average Bonchev–Trinajstić information content (AvgIpc) is 2.87. The van der Waals surface area contributed by atoms with Gasteiger partial charge in [-0.25, -0.2) is 5.01 Å². The molecule has 0 radical (unpaired) electrons. The van der Waals surface area contributed by atoms with Crippen molar-refractivity contribution in [3.63, 3.8) is 0 Å². The number of methoxy groups -OCH3 is 1. The lowest BCUT2D eigenvalue weighted by molar-refractivity contribution is -0.139. The maximum atomic E-state index is 11.7. The molecule has 188 valence electrons. The van der Waals surface area contributed by atoms with Crippen LogP contribution >= 0.6 is 0 Å². The van der Waals surface area contributed by atoms with Gasteiger partial charge in [0.25, 0.3) is 0 Å². The molecule has 0 aromatic heterocycles.